The number of para-hydroxylation sites is 1. The molecule has 0 unspecified atom stereocenters. The summed E-state index contributed by atoms with van der Waals surface area (Å²) in [7, 11) is 3.17. The average Bonchev–Trinajstić information content (AvgIpc) is 3.21. The summed E-state index contributed by atoms with van der Waals surface area (Å²) in [6.45, 7) is 0.437. The molecule has 0 bridgehead atoms. The Labute approximate surface area is 224 Å². The molecule has 9 nitrogen and oxygen atoms in total. The summed E-state index contributed by atoms with van der Waals surface area (Å²) in [6, 6.07) is 20.8. The van der Waals surface area contributed by atoms with Crippen LogP contribution in [-0.2, 0) is 16.0 Å². The molecular weight excluding hydrogens is 506 g/mol. The van der Waals surface area contributed by atoms with Crippen LogP contribution in [0.4, 0.5) is 11.4 Å². The molecule has 1 aliphatic heterocycles. The molecular formula is C28H27N3O6S. The Morgan fingerprint density at radius 1 is 1.03 bits per heavy atom. The SMILES string of the molecule is COc1ccc(CCN=C(Nc2ccccc2)S[C@H]2CC(=O)N(c3ccc(C(=O)O)cc3)C2=O)cc1OC. The summed E-state index contributed by atoms with van der Waals surface area (Å²) in [5, 5.41) is 12.2. The number of thioether (sulfide) groups is 1. The number of imide groups is 1. The molecule has 4 rings (SSSR count). The summed E-state index contributed by atoms with van der Waals surface area (Å²) < 4.78 is 10.7. The van der Waals surface area contributed by atoms with Gasteiger partial charge in [0.1, 0.15) is 5.25 Å². The number of hydrogen-bond donors (Lipinski definition) is 2. The first-order valence-electron chi connectivity index (χ1n) is 11.8. The van der Waals surface area contributed by atoms with E-state index < -0.39 is 11.2 Å². The van der Waals surface area contributed by atoms with Gasteiger partial charge in [0.15, 0.2) is 16.7 Å². The number of benzene rings is 3. The van der Waals surface area contributed by atoms with Gasteiger partial charge >= 0.3 is 5.97 Å². The van der Waals surface area contributed by atoms with Crippen LogP contribution in [0.15, 0.2) is 77.8 Å². The number of aliphatic imine (C=N–C) groups is 1. The molecule has 2 N–H and O–H groups in total. The van der Waals surface area contributed by atoms with Crippen molar-refractivity contribution in [1.82, 2.24) is 0 Å². The predicted octanol–water partition coefficient (Wildman–Crippen LogP) is 4.48. The third-order valence-electron chi connectivity index (χ3n) is 5.86. The monoisotopic (exact) mass is 533 g/mol. The second kappa shape index (κ2) is 12.3. The van der Waals surface area contributed by atoms with E-state index in [1.165, 1.54) is 36.0 Å². The molecule has 1 aliphatic rings. The minimum Gasteiger partial charge on any atom is -0.493 e. The van der Waals surface area contributed by atoms with Crippen molar-refractivity contribution in [2.75, 3.05) is 31.0 Å². The molecule has 0 spiro atoms. The van der Waals surface area contributed by atoms with E-state index in [0.717, 1.165) is 16.2 Å². The number of carboxylic acids is 1. The number of carboxylic acid groups (broad SMARTS) is 1. The molecule has 1 fully saturated rings. The summed E-state index contributed by atoms with van der Waals surface area (Å²) >= 11 is 1.20. The summed E-state index contributed by atoms with van der Waals surface area (Å²) in [5.74, 6) is -0.513. The van der Waals surface area contributed by atoms with Crippen LogP contribution in [0.2, 0.25) is 0 Å². The van der Waals surface area contributed by atoms with Gasteiger partial charge < -0.3 is 19.9 Å². The number of amidine groups is 1. The van der Waals surface area contributed by atoms with Crippen molar-refractivity contribution in [3.63, 3.8) is 0 Å². The van der Waals surface area contributed by atoms with Gasteiger partial charge in [0.05, 0.1) is 25.5 Å². The molecule has 3 aromatic rings. The summed E-state index contributed by atoms with van der Waals surface area (Å²) in [6.07, 6.45) is 0.635. The second-order valence-corrected chi connectivity index (χ2v) is 9.54. The predicted molar refractivity (Wildman–Crippen MR) is 148 cm³/mol. The van der Waals surface area contributed by atoms with Crippen molar-refractivity contribution >= 4 is 46.1 Å². The molecule has 1 saturated heterocycles. The van der Waals surface area contributed by atoms with E-state index in [0.29, 0.717) is 35.3 Å². The van der Waals surface area contributed by atoms with E-state index in [-0.39, 0.29) is 23.8 Å². The quantitative estimate of drug-likeness (QED) is 0.235. The Morgan fingerprint density at radius 2 is 1.74 bits per heavy atom. The number of carbonyl (C=O) groups excluding carboxylic acids is 2. The molecule has 10 heteroatoms. The first kappa shape index (κ1) is 26.7. The van der Waals surface area contributed by atoms with Crippen molar-refractivity contribution in [2.45, 2.75) is 18.1 Å². The number of rotatable bonds is 9. The Hall–Kier alpha value is -4.31. The lowest BCUT2D eigenvalue weighted by Gasteiger charge is -2.16. The van der Waals surface area contributed by atoms with Crippen LogP contribution >= 0.6 is 11.8 Å². The second-order valence-electron chi connectivity index (χ2n) is 8.35. The van der Waals surface area contributed by atoms with Crippen LogP contribution in [0.25, 0.3) is 0 Å². The molecule has 2 amide bonds. The largest absolute Gasteiger partial charge is 0.493 e. The van der Waals surface area contributed by atoms with Crippen molar-refractivity contribution in [2.24, 2.45) is 4.99 Å². The Balaban J connectivity index is 1.50. The van der Waals surface area contributed by atoms with E-state index in [1.807, 2.05) is 48.5 Å². The third-order valence-corrected chi connectivity index (χ3v) is 6.97. The molecule has 196 valence electrons. The number of ether oxygens (including phenoxy) is 2. The van der Waals surface area contributed by atoms with Gasteiger partial charge in [-0.25, -0.2) is 9.69 Å². The van der Waals surface area contributed by atoms with Crippen LogP contribution in [0, 0.1) is 0 Å². The van der Waals surface area contributed by atoms with Crippen molar-refractivity contribution in [1.29, 1.82) is 0 Å². The standard InChI is InChI=1S/C28H27N3O6S/c1-36-22-13-8-18(16-23(22)37-2)14-15-29-28(30-20-6-4-3-5-7-20)38-24-17-25(32)31(26(24)33)21-11-9-19(10-12-21)27(34)35/h3-13,16,24H,14-15,17H2,1-2H3,(H,29,30)(H,34,35)/t24-/m0/s1. The number of methoxy groups -OCH3 is 2. The highest BCUT2D eigenvalue weighted by Gasteiger charge is 2.40. The molecule has 0 radical (unpaired) electrons. The highest BCUT2D eigenvalue weighted by atomic mass is 32.2. The van der Waals surface area contributed by atoms with Gasteiger partial charge in [-0.1, -0.05) is 36.0 Å². The molecule has 3 aromatic carbocycles. The van der Waals surface area contributed by atoms with Crippen LogP contribution in [-0.4, -0.2) is 54.1 Å². The summed E-state index contributed by atoms with van der Waals surface area (Å²) in [4.78, 5) is 42.9. The fourth-order valence-corrected chi connectivity index (χ4v) is 4.97. The zero-order valence-electron chi connectivity index (χ0n) is 20.9. The van der Waals surface area contributed by atoms with Crippen LogP contribution in [0.1, 0.15) is 22.3 Å². The van der Waals surface area contributed by atoms with E-state index in [1.54, 1.807) is 14.2 Å². The van der Waals surface area contributed by atoms with Crippen molar-refractivity contribution < 1.29 is 29.0 Å². The fraction of sp³-hybridized carbons (Fsp3) is 0.214. The number of amides is 2. The molecule has 1 heterocycles. The number of anilines is 2. The van der Waals surface area contributed by atoms with Gasteiger partial charge in [-0.3, -0.25) is 14.6 Å². The highest BCUT2D eigenvalue weighted by Crippen LogP contribution is 2.31. The number of carbonyl (C=O) groups is 3. The van der Waals surface area contributed by atoms with Crippen LogP contribution in [0.5, 0.6) is 11.5 Å². The average molecular weight is 534 g/mol. The molecule has 38 heavy (non-hydrogen) atoms. The zero-order chi connectivity index (χ0) is 27.1. The van der Waals surface area contributed by atoms with E-state index in [2.05, 4.69) is 5.32 Å². The van der Waals surface area contributed by atoms with E-state index in [9.17, 15) is 14.4 Å². The minimum atomic E-state index is -1.08. The molecule has 1 atom stereocenters. The van der Waals surface area contributed by atoms with Gasteiger partial charge in [-0.15, -0.1) is 0 Å². The lowest BCUT2D eigenvalue weighted by molar-refractivity contribution is -0.121. The molecule has 0 aromatic heterocycles. The van der Waals surface area contributed by atoms with Gasteiger partial charge in [0, 0.05) is 18.7 Å². The summed E-state index contributed by atoms with van der Waals surface area (Å²) in [5.41, 5.74) is 2.24. The topological polar surface area (TPSA) is 118 Å². The third kappa shape index (κ3) is 6.33. The van der Waals surface area contributed by atoms with Crippen molar-refractivity contribution in [3.05, 3.63) is 83.9 Å². The van der Waals surface area contributed by atoms with Crippen LogP contribution in [0.3, 0.4) is 0 Å². The maximum Gasteiger partial charge on any atom is 0.335 e. The lowest BCUT2D eigenvalue weighted by atomic mass is 10.1. The molecule has 0 saturated carbocycles. The van der Waals surface area contributed by atoms with E-state index >= 15 is 0 Å². The highest BCUT2D eigenvalue weighted by molar-refractivity contribution is 8.15. The lowest BCUT2D eigenvalue weighted by Crippen LogP contribution is -2.31. The number of nitrogens with zero attached hydrogens (tertiary/aromatic N) is 2. The number of nitrogens with one attached hydrogen (secondary N) is 1. The van der Waals surface area contributed by atoms with Gasteiger partial charge in [0.2, 0.25) is 11.8 Å². The maximum absolute atomic E-state index is 13.2. The maximum atomic E-state index is 13.2. The normalized spacial score (nSPS) is 15.5. The smallest absolute Gasteiger partial charge is 0.335 e. The Kier molecular flexibility index (Phi) is 8.65. The van der Waals surface area contributed by atoms with Gasteiger partial charge in [-0.2, -0.15) is 0 Å². The first-order valence-corrected chi connectivity index (χ1v) is 12.7. The fourth-order valence-electron chi connectivity index (χ4n) is 3.93. The Bertz CT molecular complexity index is 1340. The first-order chi connectivity index (χ1) is 18.4. The van der Waals surface area contributed by atoms with Gasteiger partial charge in [-0.05, 0) is 60.5 Å². The number of hydrogen-bond acceptors (Lipinski definition) is 7. The van der Waals surface area contributed by atoms with Crippen molar-refractivity contribution in [3.8, 4) is 11.5 Å². The zero-order valence-corrected chi connectivity index (χ0v) is 21.7. The van der Waals surface area contributed by atoms with Crippen LogP contribution < -0.4 is 19.7 Å². The minimum absolute atomic E-state index is 0.00928. The number of aromatic carboxylic acids is 1. The van der Waals surface area contributed by atoms with E-state index in [4.69, 9.17) is 19.6 Å². The molecule has 0 aliphatic carbocycles. The Morgan fingerprint density at radius 3 is 2.39 bits per heavy atom. The van der Waals surface area contributed by atoms with Gasteiger partial charge in [0.25, 0.3) is 0 Å².